The van der Waals surface area contributed by atoms with Crippen LogP contribution in [0.4, 0.5) is 5.82 Å². The monoisotopic (exact) mass is 379 g/mol. The van der Waals surface area contributed by atoms with E-state index in [9.17, 15) is 14.4 Å². The number of rotatable bonds is 5. The molecule has 3 aromatic rings. The maximum absolute atomic E-state index is 12.6. The first-order valence-corrected chi connectivity index (χ1v) is 8.78. The molecule has 28 heavy (non-hydrogen) atoms. The first-order valence-electron chi connectivity index (χ1n) is 8.78. The summed E-state index contributed by atoms with van der Waals surface area (Å²) in [6.07, 6.45) is 1.60. The van der Waals surface area contributed by atoms with E-state index in [4.69, 9.17) is 0 Å². The Labute approximate surface area is 161 Å². The Morgan fingerprint density at radius 1 is 1.14 bits per heavy atom. The summed E-state index contributed by atoms with van der Waals surface area (Å²) in [7, 11) is 1.50. The number of aryl methyl sites for hydroxylation is 2. The Kier molecular flexibility index (Phi) is 5.49. The summed E-state index contributed by atoms with van der Waals surface area (Å²) < 4.78 is 1.14. The molecule has 2 amide bonds. The summed E-state index contributed by atoms with van der Waals surface area (Å²) in [5, 5.41) is 8.14. The minimum absolute atomic E-state index is 0.157. The number of hydrogen-bond donors (Lipinski definition) is 1. The lowest BCUT2D eigenvalue weighted by atomic mass is 10.1. The lowest BCUT2D eigenvalue weighted by Gasteiger charge is -2.17. The van der Waals surface area contributed by atoms with Gasteiger partial charge in [-0.3, -0.25) is 14.4 Å². The van der Waals surface area contributed by atoms with Crippen LogP contribution in [0.2, 0.25) is 0 Å². The molecule has 2 aromatic heterocycles. The minimum Gasteiger partial charge on any atom is -0.335 e. The number of benzene rings is 1. The maximum Gasteiger partial charge on any atom is 0.275 e. The molecule has 0 saturated carbocycles. The molecule has 0 unspecified atom stereocenters. The fourth-order valence-corrected chi connectivity index (χ4v) is 2.85. The highest BCUT2D eigenvalue weighted by atomic mass is 16.2. The van der Waals surface area contributed by atoms with Gasteiger partial charge < -0.3 is 10.2 Å². The highest BCUT2D eigenvalue weighted by Gasteiger charge is 2.16. The van der Waals surface area contributed by atoms with Crippen molar-refractivity contribution in [3.05, 3.63) is 64.2 Å². The number of hydrogen-bond acceptors (Lipinski definition) is 5. The van der Waals surface area contributed by atoms with Gasteiger partial charge in [0.1, 0.15) is 12.4 Å². The molecule has 1 aromatic carbocycles. The quantitative estimate of drug-likeness (QED) is 0.725. The van der Waals surface area contributed by atoms with Crippen LogP contribution in [-0.2, 0) is 16.1 Å². The van der Waals surface area contributed by atoms with Gasteiger partial charge in [0.15, 0.2) is 0 Å². The van der Waals surface area contributed by atoms with E-state index in [0.717, 1.165) is 15.6 Å². The first kappa shape index (κ1) is 19.2. The molecule has 0 aliphatic heterocycles. The lowest BCUT2D eigenvalue weighted by Crippen LogP contribution is -2.39. The predicted molar refractivity (Wildman–Crippen MR) is 106 cm³/mol. The van der Waals surface area contributed by atoms with E-state index in [1.54, 1.807) is 31.3 Å². The Balaban J connectivity index is 1.69. The standard InChI is InChI=1S/C20H21N5O3/c1-13-8-9-21-17(10-13)22-18(26)11-24(3)19(27)12-25-20(28)16-7-5-4-6-15(16)14(2)23-25/h4-10H,11-12H2,1-3H3,(H,21,22,26). The van der Waals surface area contributed by atoms with Gasteiger partial charge in [0.2, 0.25) is 11.8 Å². The molecule has 0 spiro atoms. The number of likely N-dealkylation sites (N-methyl/N-ethyl adjacent to an activating group) is 1. The van der Waals surface area contributed by atoms with Crippen LogP contribution in [0.15, 0.2) is 47.4 Å². The molecular weight excluding hydrogens is 358 g/mol. The highest BCUT2D eigenvalue weighted by Crippen LogP contribution is 2.11. The number of amides is 2. The molecule has 0 radical (unpaired) electrons. The van der Waals surface area contributed by atoms with E-state index in [0.29, 0.717) is 16.9 Å². The number of nitrogens with zero attached hydrogens (tertiary/aromatic N) is 4. The van der Waals surface area contributed by atoms with Crippen LogP contribution in [0.3, 0.4) is 0 Å². The van der Waals surface area contributed by atoms with E-state index >= 15 is 0 Å². The summed E-state index contributed by atoms with van der Waals surface area (Å²) in [4.78, 5) is 42.5. The van der Waals surface area contributed by atoms with E-state index in [1.165, 1.54) is 11.9 Å². The average molecular weight is 379 g/mol. The van der Waals surface area contributed by atoms with Crippen molar-refractivity contribution in [2.45, 2.75) is 20.4 Å². The van der Waals surface area contributed by atoms with E-state index in [1.807, 2.05) is 25.1 Å². The fourth-order valence-electron chi connectivity index (χ4n) is 2.85. The van der Waals surface area contributed by atoms with Crippen LogP contribution in [0.1, 0.15) is 11.3 Å². The number of nitrogens with one attached hydrogen (secondary N) is 1. The van der Waals surface area contributed by atoms with Crippen LogP contribution >= 0.6 is 0 Å². The van der Waals surface area contributed by atoms with Gasteiger partial charge in [0.25, 0.3) is 5.56 Å². The SMILES string of the molecule is Cc1ccnc(NC(=O)CN(C)C(=O)Cn2nc(C)c3ccccc3c2=O)c1. The van der Waals surface area contributed by atoms with Crippen molar-refractivity contribution in [2.24, 2.45) is 0 Å². The third-order valence-corrected chi connectivity index (χ3v) is 4.33. The molecule has 0 aliphatic carbocycles. The summed E-state index contributed by atoms with van der Waals surface area (Å²) in [6.45, 7) is 3.28. The Bertz CT molecular complexity index is 1110. The maximum atomic E-state index is 12.6. The molecule has 0 atom stereocenters. The minimum atomic E-state index is -0.392. The number of anilines is 1. The van der Waals surface area contributed by atoms with E-state index in [-0.39, 0.29) is 24.6 Å². The summed E-state index contributed by atoms with van der Waals surface area (Å²) in [6, 6.07) is 10.7. The molecular formula is C20H21N5O3. The lowest BCUT2D eigenvalue weighted by molar-refractivity contribution is -0.134. The zero-order chi connectivity index (χ0) is 20.3. The van der Waals surface area contributed by atoms with Gasteiger partial charge in [0, 0.05) is 18.6 Å². The van der Waals surface area contributed by atoms with Crippen LogP contribution in [0.25, 0.3) is 10.8 Å². The summed E-state index contributed by atoms with van der Waals surface area (Å²) in [5.41, 5.74) is 1.29. The van der Waals surface area contributed by atoms with Crippen molar-refractivity contribution in [1.82, 2.24) is 19.7 Å². The molecule has 144 valence electrons. The van der Waals surface area contributed by atoms with Crippen LogP contribution in [0, 0.1) is 13.8 Å². The van der Waals surface area contributed by atoms with Crippen LogP contribution < -0.4 is 10.9 Å². The number of carbonyl (C=O) groups excluding carboxylic acids is 2. The summed E-state index contributed by atoms with van der Waals surface area (Å²) in [5.74, 6) is -0.338. The van der Waals surface area contributed by atoms with Gasteiger partial charge >= 0.3 is 0 Å². The van der Waals surface area contributed by atoms with Gasteiger partial charge in [-0.2, -0.15) is 5.10 Å². The molecule has 8 nitrogen and oxygen atoms in total. The van der Waals surface area contributed by atoms with Crippen molar-refractivity contribution >= 4 is 28.4 Å². The number of aromatic nitrogens is 3. The molecule has 1 N–H and O–H groups in total. The van der Waals surface area contributed by atoms with Crippen molar-refractivity contribution in [2.75, 3.05) is 18.9 Å². The topological polar surface area (TPSA) is 97.2 Å². The van der Waals surface area contributed by atoms with Crippen molar-refractivity contribution in [3.63, 3.8) is 0 Å². The third-order valence-electron chi connectivity index (χ3n) is 4.33. The molecule has 0 aliphatic rings. The second-order valence-corrected chi connectivity index (χ2v) is 6.61. The molecule has 2 heterocycles. The van der Waals surface area contributed by atoms with Gasteiger partial charge in [-0.15, -0.1) is 0 Å². The fraction of sp³-hybridized carbons (Fsp3) is 0.250. The number of fused-ring (bicyclic) bond motifs is 1. The molecule has 8 heteroatoms. The number of pyridine rings is 1. The zero-order valence-corrected chi connectivity index (χ0v) is 16.0. The second kappa shape index (κ2) is 7.99. The average Bonchev–Trinajstić information content (AvgIpc) is 2.65. The Morgan fingerprint density at radius 3 is 2.57 bits per heavy atom. The zero-order valence-electron chi connectivity index (χ0n) is 16.0. The van der Waals surface area contributed by atoms with Gasteiger partial charge in [-0.1, -0.05) is 18.2 Å². The normalized spacial score (nSPS) is 10.7. The Hall–Kier alpha value is -3.55. The predicted octanol–water partition coefficient (Wildman–Crippen LogP) is 1.51. The third kappa shape index (κ3) is 4.22. The van der Waals surface area contributed by atoms with Crippen molar-refractivity contribution in [3.8, 4) is 0 Å². The van der Waals surface area contributed by atoms with Gasteiger partial charge in [-0.25, -0.2) is 9.67 Å². The van der Waals surface area contributed by atoms with Crippen molar-refractivity contribution in [1.29, 1.82) is 0 Å². The largest absolute Gasteiger partial charge is 0.335 e. The van der Waals surface area contributed by atoms with Gasteiger partial charge in [-0.05, 0) is 37.6 Å². The second-order valence-electron chi connectivity index (χ2n) is 6.61. The smallest absolute Gasteiger partial charge is 0.275 e. The summed E-state index contributed by atoms with van der Waals surface area (Å²) >= 11 is 0. The van der Waals surface area contributed by atoms with Crippen LogP contribution in [0.5, 0.6) is 0 Å². The molecule has 0 fully saturated rings. The highest BCUT2D eigenvalue weighted by molar-refractivity contribution is 5.93. The molecule has 3 rings (SSSR count). The molecule has 0 bridgehead atoms. The molecule has 0 saturated heterocycles. The van der Waals surface area contributed by atoms with Gasteiger partial charge in [0.05, 0.1) is 17.6 Å². The van der Waals surface area contributed by atoms with Crippen molar-refractivity contribution < 1.29 is 9.59 Å². The van der Waals surface area contributed by atoms with E-state index in [2.05, 4.69) is 15.4 Å². The Morgan fingerprint density at radius 2 is 1.86 bits per heavy atom. The van der Waals surface area contributed by atoms with E-state index < -0.39 is 5.91 Å². The first-order chi connectivity index (χ1) is 13.3. The number of carbonyl (C=O) groups is 2. The van der Waals surface area contributed by atoms with Crippen LogP contribution in [-0.4, -0.2) is 45.1 Å².